The Morgan fingerprint density at radius 2 is 1.82 bits per heavy atom. The molecule has 2 N–H and O–H groups in total. The quantitative estimate of drug-likeness (QED) is 0.544. The molecule has 2 aromatic rings. The van der Waals surface area contributed by atoms with E-state index >= 15 is 4.39 Å². The van der Waals surface area contributed by atoms with Crippen LogP contribution in [0, 0.1) is 11.2 Å². The topological polar surface area (TPSA) is 78.5 Å². The molecule has 1 saturated heterocycles. The lowest BCUT2D eigenvalue weighted by atomic mass is 9.91. The third-order valence-electron chi connectivity index (χ3n) is 6.57. The molecule has 1 saturated carbocycles. The number of nitrogens with zero attached hydrogens (tertiary/aromatic N) is 1. The Balaban J connectivity index is 1.70. The minimum atomic E-state index is -4.96. The molecule has 2 aromatic carbocycles. The first-order valence-electron chi connectivity index (χ1n) is 10.9. The van der Waals surface area contributed by atoms with Crippen molar-refractivity contribution in [2.45, 2.75) is 37.1 Å². The zero-order chi connectivity index (χ0) is 24.5. The van der Waals surface area contributed by atoms with E-state index in [1.165, 1.54) is 11.0 Å². The largest absolute Gasteiger partial charge is 0.350 e. The van der Waals surface area contributed by atoms with E-state index < -0.39 is 51.8 Å². The van der Waals surface area contributed by atoms with Crippen LogP contribution in [-0.2, 0) is 16.4 Å². The highest BCUT2D eigenvalue weighted by Gasteiger charge is 2.61. The summed E-state index contributed by atoms with van der Waals surface area (Å²) in [5, 5.41) is 2.41. The van der Waals surface area contributed by atoms with Gasteiger partial charge in [-0.2, -0.15) is 8.78 Å². The summed E-state index contributed by atoms with van der Waals surface area (Å²) in [6.45, 7) is -0.947. The lowest BCUT2D eigenvalue weighted by Gasteiger charge is -2.29. The molecule has 2 amide bonds. The molecule has 0 aromatic heterocycles. The lowest BCUT2D eigenvalue weighted by Crippen LogP contribution is -2.52. The van der Waals surface area contributed by atoms with Crippen molar-refractivity contribution in [3.63, 3.8) is 0 Å². The maximum Gasteiger partial charge on any atom is 0.350 e. The molecule has 0 unspecified atom stereocenters. The molecular formula is C23H25F4N3O3S. The van der Waals surface area contributed by atoms with Gasteiger partial charge in [0.15, 0.2) is 0 Å². The Labute approximate surface area is 195 Å². The third-order valence-corrected chi connectivity index (χ3v) is 7.62. The van der Waals surface area contributed by atoms with Crippen molar-refractivity contribution >= 4 is 16.1 Å². The first-order chi connectivity index (χ1) is 16.2. The second-order valence-electron chi connectivity index (χ2n) is 8.73. The Morgan fingerprint density at radius 1 is 1.12 bits per heavy atom. The van der Waals surface area contributed by atoms with Gasteiger partial charge in [0.2, 0.25) is 0 Å². The number of hydrogen-bond donors (Lipinski definition) is 2. The van der Waals surface area contributed by atoms with Crippen molar-refractivity contribution in [2.75, 3.05) is 19.8 Å². The van der Waals surface area contributed by atoms with Crippen molar-refractivity contribution in [3.05, 3.63) is 59.9 Å². The maximum absolute atomic E-state index is 15.5. The monoisotopic (exact) mass is 499 g/mol. The summed E-state index contributed by atoms with van der Waals surface area (Å²) >= 11 is 0. The number of urea groups is 1. The van der Waals surface area contributed by atoms with Gasteiger partial charge < -0.3 is 10.2 Å². The molecule has 2 atom stereocenters. The molecule has 1 heterocycles. The molecule has 6 nitrogen and oxygen atoms in total. The van der Waals surface area contributed by atoms with Crippen LogP contribution in [0.25, 0.3) is 11.1 Å². The number of carbonyl (C=O) groups is 1. The third kappa shape index (κ3) is 4.76. The highest BCUT2D eigenvalue weighted by Crippen LogP contribution is 2.55. The molecule has 2 aliphatic rings. The number of halogens is 4. The predicted octanol–water partition coefficient (Wildman–Crippen LogP) is 3.69. The second kappa shape index (κ2) is 9.53. The summed E-state index contributed by atoms with van der Waals surface area (Å²) in [5.41, 5.74) is 0.469. The highest BCUT2D eigenvalue weighted by molar-refractivity contribution is 7.89. The van der Waals surface area contributed by atoms with Crippen molar-refractivity contribution in [1.82, 2.24) is 14.9 Å². The number of carbonyl (C=O) groups excluding carboxylic acids is 1. The molecule has 2 fully saturated rings. The molecule has 184 valence electrons. The first-order valence-corrected chi connectivity index (χ1v) is 12.5. The van der Waals surface area contributed by atoms with Crippen molar-refractivity contribution in [3.8, 4) is 11.1 Å². The Morgan fingerprint density at radius 3 is 2.44 bits per heavy atom. The molecule has 4 rings (SSSR count). The van der Waals surface area contributed by atoms with E-state index in [1.54, 1.807) is 42.5 Å². The van der Waals surface area contributed by atoms with E-state index in [1.807, 2.05) is 0 Å². The molecule has 0 bridgehead atoms. The second-order valence-corrected chi connectivity index (χ2v) is 10.4. The van der Waals surface area contributed by atoms with Gasteiger partial charge in [-0.1, -0.05) is 48.5 Å². The number of hydrogen-bond acceptors (Lipinski definition) is 3. The molecule has 0 radical (unpaired) electrons. The predicted molar refractivity (Wildman–Crippen MR) is 119 cm³/mol. The minimum Gasteiger partial charge on any atom is -0.335 e. The van der Waals surface area contributed by atoms with Gasteiger partial charge in [0.05, 0.1) is 12.1 Å². The molecule has 34 heavy (non-hydrogen) atoms. The number of rotatable bonds is 8. The van der Waals surface area contributed by atoms with Gasteiger partial charge in [0.25, 0.3) is 10.0 Å². The van der Waals surface area contributed by atoms with Crippen LogP contribution in [0.15, 0.2) is 48.5 Å². The van der Waals surface area contributed by atoms with Gasteiger partial charge in [0.1, 0.15) is 12.5 Å². The number of likely N-dealkylation sites (tertiary alicyclic amines) is 1. The van der Waals surface area contributed by atoms with E-state index in [0.717, 1.165) is 0 Å². The summed E-state index contributed by atoms with van der Waals surface area (Å²) < 4.78 is 80.7. The molecule has 1 aliphatic heterocycles. The van der Waals surface area contributed by atoms with E-state index in [4.69, 9.17) is 0 Å². The van der Waals surface area contributed by atoms with Gasteiger partial charge >= 0.3 is 11.8 Å². The fourth-order valence-corrected chi connectivity index (χ4v) is 5.58. The van der Waals surface area contributed by atoms with Crippen LogP contribution in [0.5, 0.6) is 0 Å². The van der Waals surface area contributed by atoms with Crippen molar-refractivity contribution < 1.29 is 30.8 Å². The van der Waals surface area contributed by atoms with E-state index in [9.17, 15) is 26.4 Å². The fourth-order valence-electron chi connectivity index (χ4n) is 4.71. The average Bonchev–Trinajstić information content (AvgIpc) is 3.54. The first kappa shape index (κ1) is 24.5. The van der Waals surface area contributed by atoms with E-state index in [-0.39, 0.29) is 25.1 Å². The summed E-state index contributed by atoms with van der Waals surface area (Å²) in [4.78, 5) is 14.1. The Hall–Kier alpha value is -2.66. The van der Waals surface area contributed by atoms with E-state index in [0.29, 0.717) is 24.0 Å². The van der Waals surface area contributed by atoms with Crippen molar-refractivity contribution in [2.24, 2.45) is 5.41 Å². The fraction of sp³-hybridized carbons (Fsp3) is 0.435. The number of benzene rings is 2. The summed E-state index contributed by atoms with van der Waals surface area (Å²) in [7, 11) is -4.96. The standard InChI is InChI=1S/C23H25F4N3O3S/c24-11-12-28-22(31)30-14-23(9-10-23)20(29-34(32,33)21(26)27)18(30)13-16-7-4-8-17(19(16)25)15-5-2-1-3-6-15/h1-8,18,20-21,29H,9-14H2,(H,28,31)/t18-,20+/m0/s1. The summed E-state index contributed by atoms with van der Waals surface area (Å²) in [6, 6.07) is 11.0. The number of nitrogens with one attached hydrogen (secondary N) is 2. The van der Waals surface area contributed by atoms with Gasteiger partial charge in [-0.3, -0.25) is 0 Å². The Bertz CT molecular complexity index is 1140. The number of sulfonamides is 1. The van der Waals surface area contributed by atoms with Crippen LogP contribution in [0.3, 0.4) is 0 Å². The van der Waals surface area contributed by atoms with Crippen LogP contribution in [0.2, 0.25) is 0 Å². The SMILES string of the molecule is O=C(NCCF)N1CC2(CC2)[C@H](NS(=O)(=O)C(F)F)[C@@H]1Cc1cccc(-c2ccccc2)c1F. The molecular weight excluding hydrogens is 474 g/mol. The summed E-state index contributed by atoms with van der Waals surface area (Å²) in [5.74, 6) is -4.18. The Kier molecular flexibility index (Phi) is 6.86. The number of alkyl halides is 3. The lowest BCUT2D eigenvalue weighted by molar-refractivity contribution is 0.187. The van der Waals surface area contributed by atoms with Gasteiger partial charge in [-0.25, -0.2) is 26.7 Å². The van der Waals surface area contributed by atoms with E-state index in [2.05, 4.69) is 10.0 Å². The average molecular weight is 500 g/mol. The van der Waals surface area contributed by atoms with Crippen LogP contribution >= 0.6 is 0 Å². The van der Waals surface area contributed by atoms with Gasteiger partial charge in [-0.05, 0) is 30.4 Å². The normalized spacial score (nSPS) is 21.3. The highest BCUT2D eigenvalue weighted by atomic mass is 32.2. The van der Waals surface area contributed by atoms with Crippen molar-refractivity contribution in [1.29, 1.82) is 0 Å². The smallest absolute Gasteiger partial charge is 0.335 e. The van der Waals surface area contributed by atoms with Gasteiger partial charge in [-0.15, -0.1) is 0 Å². The minimum absolute atomic E-state index is 0.103. The van der Waals surface area contributed by atoms with Gasteiger partial charge in [0, 0.05) is 24.1 Å². The molecule has 1 aliphatic carbocycles. The molecule has 1 spiro atoms. The van der Waals surface area contributed by atoms with Crippen LogP contribution in [0.1, 0.15) is 18.4 Å². The summed E-state index contributed by atoms with van der Waals surface area (Å²) in [6.07, 6.45) is 0.951. The molecule has 11 heteroatoms. The van der Waals surface area contributed by atoms with Crippen LogP contribution in [-0.4, -0.2) is 57.0 Å². The zero-order valence-corrected chi connectivity index (χ0v) is 19.0. The maximum atomic E-state index is 15.5. The van der Waals surface area contributed by atoms with Crippen LogP contribution in [0.4, 0.5) is 22.4 Å². The van der Waals surface area contributed by atoms with Crippen LogP contribution < -0.4 is 10.0 Å². The zero-order valence-electron chi connectivity index (χ0n) is 18.2. The number of amides is 2.